The first-order chi connectivity index (χ1) is 10.7. The number of rotatable bonds is 4. The highest BCUT2D eigenvalue weighted by Gasteiger charge is 2.23. The molecule has 0 unspecified atom stereocenters. The first-order valence-electron chi connectivity index (χ1n) is 7.47. The van der Waals surface area contributed by atoms with Gasteiger partial charge in [-0.3, -0.25) is 9.59 Å². The van der Waals surface area contributed by atoms with Crippen LogP contribution in [-0.2, 0) is 11.2 Å². The minimum atomic E-state index is -0.276. The number of furan rings is 1. The summed E-state index contributed by atoms with van der Waals surface area (Å²) in [6.07, 6.45) is 3.61. The van der Waals surface area contributed by atoms with Crippen molar-refractivity contribution in [1.29, 1.82) is 0 Å². The lowest BCUT2D eigenvalue weighted by molar-refractivity contribution is -0.118. The predicted molar refractivity (Wildman–Crippen MR) is 84.1 cm³/mol. The summed E-state index contributed by atoms with van der Waals surface area (Å²) in [4.78, 5) is 25.8. The van der Waals surface area contributed by atoms with E-state index in [2.05, 4.69) is 12.2 Å². The van der Waals surface area contributed by atoms with Gasteiger partial charge in [-0.25, -0.2) is 0 Å². The van der Waals surface area contributed by atoms with Gasteiger partial charge in [-0.2, -0.15) is 0 Å². The number of amides is 2. The summed E-state index contributed by atoms with van der Waals surface area (Å²) >= 11 is 0. The Labute approximate surface area is 128 Å². The van der Waals surface area contributed by atoms with E-state index >= 15 is 0 Å². The zero-order chi connectivity index (χ0) is 15.5. The van der Waals surface area contributed by atoms with Crippen LogP contribution in [-0.4, -0.2) is 18.4 Å². The summed E-state index contributed by atoms with van der Waals surface area (Å²) in [6.45, 7) is 2.78. The molecule has 0 aliphatic carbocycles. The van der Waals surface area contributed by atoms with E-state index < -0.39 is 0 Å². The molecule has 1 aliphatic rings. The second kappa shape index (κ2) is 6.05. The number of aryl methyl sites for hydroxylation is 1. The van der Waals surface area contributed by atoms with Gasteiger partial charge in [-0.15, -0.1) is 0 Å². The number of carbonyl (C=O) groups is 2. The monoisotopic (exact) mass is 298 g/mol. The van der Waals surface area contributed by atoms with E-state index in [-0.39, 0.29) is 17.6 Å². The lowest BCUT2D eigenvalue weighted by Crippen LogP contribution is -2.35. The average molecular weight is 298 g/mol. The Hall–Kier alpha value is -2.56. The maximum absolute atomic E-state index is 12.0. The Balaban J connectivity index is 1.82. The van der Waals surface area contributed by atoms with Gasteiger partial charge in [0.15, 0.2) is 5.76 Å². The maximum atomic E-state index is 12.0. The topological polar surface area (TPSA) is 62.6 Å². The molecule has 0 bridgehead atoms. The van der Waals surface area contributed by atoms with Crippen molar-refractivity contribution in [2.45, 2.75) is 26.2 Å². The molecule has 5 heteroatoms. The number of nitrogens with zero attached hydrogens (tertiary/aromatic N) is 1. The number of benzene rings is 1. The van der Waals surface area contributed by atoms with E-state index in [9.17, 15) is 9.59 Å². The van der Waals surface area contributed by atoms with Gasteiger partial charge in [0.1, 0.15) is 0 Å². The zero-order valence-electron chi connectivity index (χ0n) is 12.5. The van der Waals surface area contributed by atoms with Crippen LogP contribution in [0.1, 0.15) is 35.9 Å². The Morgan fingerprint density at radius 1 is 1.32 bits per heavy atom. The van der Waals surface area contributed by atoms with E-state index in [1.807, 2.05) is 23.1 Å². The van der Waals surface area contributed by atoms with Gasteiger partial charge in [-0.05, 0) is 48.7 Å². The largest absolute Gasteiger partial charge is 0.459 e. The third-order valence-electron chi connectivity index (χ3n) is 3.73. The van der Waals surface area contributed by atoms with Crippen LogP contribution < -0.4 is 10.2 Å². The van der Waals surface area contributed by atoms with Crippen LogP contribution in [0.2, 0.25) is 0 Å². The van der Waals surface area contributed by atoms with Crippen molar-refractivity contribution >= 4 is 23.2 Å². The molecule has 2 amide bonds. The normalized spacial score (nSPS) is 13.9. The Kier molecular flexibility index (Phi) is 3.96. The van der Waals surface area contributed by atoms with Crippen molar-refractivity contribution in [2.75, 3.05) is 16.8 Å². The van der Waals surface area contributed by atoms with Gasteiger partial charge >= 0.3 is 0 Å². The van der Waals surface area contributed by atoms with Gasteiger partial charge in [0.05, 0.1) is 6.26 Å². The van der Waals surface area contributed by atoms with Gasteiger partial charge in [-0.1, -0.05) is 6.92 Å². The third-order valence-corrected chi connectivity index (χ3v) is 3.73. The quantitative estimate of drug-likeness (QED) is 0.942. The van der Waals surface area contributed by atoms with E-state index in [4.69, 9.17) is 4.42 Å². The summed E-state index contributed by atoms with van der Waals surface area (Å²) in [5.74, 6) is 0.171. The van der Waals surface area contributed by atoms with Gasteiger partial charge in [0, 0.05) is 24.3 Å². The predicted octanol–water partition coefficient (Wildman–Crippen LogP) is 3.22. The summed E-state index contributed by atoms with van der Waals surface area (Å²) in [6, 6.07) is 8.96. The number of nitrogens with one attached hydrogen (secondary N) is 1. The molecule has 114 valence electrons. The fourth-order valence-corrected chi connectivity index (χ4v) is 2.71. The van der Waals surface area contributed by atoms with Crippen molar-refractivity contribution in [3.63, 3.8) is 0 Å². The molecule has 0 radical (unpaired) electrons. The second-order valence-electron chi connectivity index (χ2n) is 5.32. The van der Waals surface area contributed by atoms with Crippen LogP contribution in [0.5, 0.6) is 0 Å². The van der Waals surface area contributed by atoms with Gasteiger partial charge < -0.3 is 14.6 Å². The molecular formula is C17H18N2O3. The number of hydrogen-bond donors (Lipinski definition) is 1. The first kappa shape index (κ1) is 14.4. The second-order valence-corrected chi connectivity index (χ2v) is 5.32. The highest BCUT2D eigenvalue weighted by Crippen LogP contribution is 2.30. The average Bonchev–Trinajstić information content (AvgIpc) is 3.05. The van der Waals surface area contributed by atoms with E-state index in [1.54, 1.807) is 12.1 Å². The van der Waals surface area contributed by atoms with E-state index in [1.165, 1.54) is 6.26 Å². The summed E-state index contributed by atoms with van der Waals surface area (Å²) < 4.78 is 5.08. The Bertz CT molecular complexity index is 692. The molecular weight excluding hydrogens is 280 g/mol. The van der Waals surface area contributed by atoms with Crippen molar-refractivity contribution in [2.24, 2.45) is 0 Å². The van der Waals surface area contributed by atoms with Gasteiger partial charge in [0.25, 0.3) is 5.91 Å². The van der Waals surface area contributed by atoms with Crippen molar-refractivity contribution in [3.8, 4) is 0 Å². The molecule has 2 heterocycles. The number of hydrogen-bond acceptors (Lipinski definition) is 3. The molecule has 1 aromatic carbocycles. The minimum Gasteiger partial charge on any atom is -0.459 e. The molecule has 0 atom stereocenters. The molecule has 0 fully saturated rings. The van der Waals surface area contributed by atoms with E-state index in [0.29, 0.717) is 18.5 Å². The molecule has 22 heavy (non-hydrogen) atoms. The van der Waals surface area contributed by atoms with Crippen LogP contribution in [0.4, 0.5) is 11.4 Å². The maximum Gasteiger partial charge on any atom is 0.291 e. The molecule has 0 spiro atoms. The SMILES string of the molecule is CCCN1C(=O)CCc2cc(NC(=O)c3ccco3)ccc21. The summed E-state index contributed by atoms with van der Waals surface area (Å²) in [5.41, 5.74) is 2.75. The number of fused-ring (bicyclic) bond motifs is 1. The minimum absolute atomic E-state index is 0.168. The Morgan fingerprint density at radius 3 is 2.91 bits per heavy atom. The van der Waals surface area contributed by atoms with Crippen molar-refractivity contribution < 1.29 is 14.0 Å². The molecule has 1 aliphatic heterocycles. The van der Waals surface area contributed by atoms with Crippen LogP contribution >= 0.6 is 0 Å². The molecule has 5 nitrogen and oxygen atoms in total. The highest BCUT2D eigenvalue weighted by molar-refractivity contribution is 6.03. The van der Waals surface area contributed by atoms with Crippen LogP contribution in [0, 0.1) is 0 Å². The van der Waals surface area contributed by atoms with Crippen molar-refractivity contribution in [1.82, 2.24) is 0 Å². The fourth-order valence-electron chi connectivity index (χ4n) is 2.71. The Morgan fingerprint density at radius 2 is 2.18 bits per heavy atom. The fraction of sp³-hybridized carbons (Fsp3) is 0.294. The molecule has 0 saturated heterocycles. The van der Waals surface area contributed by atoms with E-state index in [0.717, 1.165) is 24.2 Å². The van der Waals surface area contributed by atoms with Crippen LogP contribution in [0.25, 0.3) is 0 Å². The molecule has 2 aromatic rings. The third kappa shape index (κ3) is 2.74. The molecule has 1 N–H and O–H groups in total. The lowest BCUT2D eigenvalue weighted by Gasteiger charge is -2.29. The first-order valence-corrected chi connectivity index (χ1v) is 7.47. The molecule has 1 aromatic heterocycles. The summed E-state index contributed by atoms with van der Waals surface area (Å²) in [5, 5.41) is 2.82. The molecule has 0 saturated carbocycles. The summed E-state index contributed by atoms with van der Waals surface area (Å²) in [7, 11) is 0. The van der Waals surface area contributed by atoms with Crippen molar-refractivity contribution in [3.05, 3.63) is 47.9 Å². The zero-order valence-corrected chi connectivity index (χ0v) is 12.5. The van der Waals surface area contributed by atoms with Gasteiger partial charge in [0.2, 0.25) is 5.91 Å². The molecule has 3 rings (SSSR count). The van der Waals surface area contributed by atoms with Crippen LogP contribution in [0.15, 0.2) is 41.0 Å². The highest BCUT2D eigenvalue weighted by atomic mass is 16.3. The number of carbonyl (C=O) groups excluding carboxylic acids is 2. The standard InChI is InChI=1S/C17H18N2O3/c1-2-9-19-14-7-6-13(11-12(14)5-8-16(19)20)18-17(21)15-4-3-10-22-15/h3-4,6-7,10-11H,2,5,8-9H2,1H3,(H,18,21). The number of anilines is 2. The smallest absolute Gasteiger partial charge is 0.291 e. The van der Waals surface area contributed by atoms with Crippen LogP contribution in [0.3, 0.4) is 0 Å². The lowest BCUT2D eigenvalue weighted by atomic mass is 10.00.